The number of hydrogen-bond acceptors (Lipinski definition) is 4. The number of aromatic nitrogens is 2. The fraction of sp³-hybridized carbons (Fsp3) is 0.167. The van der Waals surface area contributed by atoms with Crippen molar-refractivity contribution in [3.63, 3.8) is 0 Å². The molecule has 0 saturated carbocycles. The van der Waals surface area contributed by atoms with Crippen LogP contribution in [0.4, 0.5) is 30.6 Å². The summed E-state index contributed by atoms with van der Waals surface area (Å²) in [7, 11) is 0. The molecule has 3 N–H and O–H groups in total. The number of rotatable bonds is 2. The third kappa shape index (κ3) is 3.34. The van der Waals surface area contributed by atoms with Crippen LogP contribution in [-0.4, -0.2) is 9.97 Å². The van der Waals surface area contributed by atoms with Gasteiger partial charge >= 0.3 is 6.18 Å². The quantitative estimate of drug-likeness (QED) is 0.878. The molecule has 0 spiro atoms. The number of nitrogens with one attached hydrogen (secondary N) is 1. The van der Waals surface area contributed by atoms with E-state index in [4.69, 9.17) is 5.73 Å². The van der Waals surface area contributed by atoms with Gasteiger partial charge in [0.05, 0.1) is 5.56 Å². The van der Waals surface area contributed by atoms with Gasteiger partial charge in [0, 0.05) is 17.4 Å². The van der Waals surface area contributed by atoms with Crippen molar-refractivity contribution in [3.05, 3.63) is 41.6 Å². The Kier molecular flexibility index (Phi) is 3.28. The maximum absolute atomic E-state index is 12.4. The Morgan fingerprint density at radius 1 is 1.11 bits per heavy atom. The smallest absolute Gasteiger partial charge is 0.368 e. The molecule has 0 aliphatic heterocycles. The van der Waals surface area contributed by atoms with Crippen molar-refractivity contribution in [1.82, 2.24) is 9.97 Å². The van der Waals surface area contributed by atoms with Crippen molar-refractivity contribution in [2.45, 2.75) is 13.1 Å². The van der Waals surface area contributed by atoms with Gasteiger partial charge in [-0.2, -0.15) is 18.2 Å². The zero-order valence-electron chi connectivity index (χ0n) is 9.99. The Morgan fingerprint density at radius 3 is 2.26 bits per heavy atom. The molecule has 2 rings (SSSR count). The summed E-state index contributed by atoms with van der Waals surface area (Å²) in [5.74, 6) is 0.541. The Labute approximate surface area is 107 Å². The summed E-state index contributed by atoms with van der Waals surface area (Å²) in [4.78, 5) is 7.83. The molecule has 0 saturated heterocycles. The predicted molar refractivity (Wildman–Crippen MR) is 65.9 cm³/mol. The highest BCUT2D eigenvalue weighted by Crippen LogP contribution is 2.30. The van der Waals surface area contributed by atoms with Crippen molar-refractivity contribution < 1.29 is 13.2 Å². The largest absolute Gasteiger partial charge is 0.416 e. The van der Waals surface area contributed by atoms with Crippen LogP contribution < -0.4 is 11.1 Å². The average Bonchev–Trinajstić information content (AvgIpc) is 2.26. The number of nitrogen functional groups attached to an aromatic ring is 1. The monoisotopic (exact) mass is 268 g/mol. The molecule has 19 heavy (non-hydrogen) atoms. The highest BCUT2D eigenvalue weighted by Gasteiger charge is 2.29. The lowest BCUT2D eigenvalue weighted by molar-refractivity contribution is -0.137. The normalized spacial score (nSPS) is 11.4. The molecular formula is C12H11F3N4. The Hall–Kier alpha value is -2.31. The van der Waals surface area contributed by atoms with Gasteiger partial charge in [0.15, 0.2) is 0 Å². The molecule has 1 aromatic heterocycles. The number of nitrogens with zero attached hydrogens (tertiary/aromatic N) is 2. The summed E-state index contributed by atoms with van der Waals surface area (Å²) in [5.41, 5.74) is 5.95. The molecule has 100 valence electrons. The van der Waals surface area contributed by atoms with Crippen LogP contribution in [-0.2, 0) is 6.18 Å². The molecular weight excluding hydrogens is 257 g/mol. The van der Waals surface area contributed by atoms with Gasteiger partial charge in [0.2, 0.25) is 5.95 Å². The molecule has 0 amide bonds. The highest BCUT2D eigenvalue weighted by atomic mass is 19.4. The van der Waals surface area contributed by atoms with Crippen molar-refractivity contribution in [2.75, 3.05) is 11.1 Å². The Bertz CT molecular complexity index is 558. The zero-order chi connectivity index (χ0) is 14.0. The van der Waals surface area contributed by atoms with Gasteiger partial charge in [-0.25, -0.2) is 4.98 Å². The summed E-state index contributed by atoms with van der Waals surface area (Å²) < 4.78 is 37.2. The Morgan fingerprint density at radius 2 is 1.74 bits per heavy atom. The Balaban J connectivity index is 2.20. The van der Waals surface area contributed by atoms with Crippen LogP contribution in [0.15, 0.2) is 30.3 Å². The van der Waals surface area contributed by atoms with E-state index in [9.17, 15) is 13.2 Å². The van der Waals surface area contributed by atoms with E-state index in [2.05, 4.69) is 15.3 Å². The first kappa shape index (κ1) is 13.1. The minimum absolute atomic E-state index is 0.106. The number of alkyl halides is 3. The lowest BCUT2D eigenvalue weighted by atomic mass is 10.2. The zero-order valence-corrected chi connectivity index (χ0v) is 9.99. The van der Waals surface area contributed by atoms with Gasteiger partial charge in [-0.1, -0.05) is 0 Å². The van der Waals surface area contributed by atoms with Gasteiger partial charge in [0.25, 0.3) is 0 Å². The lowest BCUT2D eigenvalue weighted by Crippen LogP contribution is -2.05. The topological polar surface area (TPSA) is 63.8 Å². The summed E-state index contributed by atoms with van der Waals surface area (Å²) >= 11 is 0. The van der Waals surface area contributed by atoms with Crippen LogP contribution in [0.3, 0.4) is 0 Å². The number of anilines is 3. The van der Waals surface area contributed by atoms with E-state index in [1.165, 1.54) is 12.1 Å². The molecule has 0 aliphatic rings. The maximum atomic E-state index is 12.4. The number of hydrogen-bond donors (Lipinski definition) is 2. The molecule has 0 aliphatic carbocycles. The van der Waals surface area contributed by atoms with Gasteiger partial charge < -0.3 is 11.1 Å². The summed E-state index contributed by atoms with van der Waals surface area (Å²) in [6.07, 6.45) is -4.34. The van der Waals surface area contributed by atoms with Gasteiger partial charge in [-0.3, -0.25) is 0 Å². The number of aryl methyl sites for hydroxylation is 1. The third-order valence-electron chi connectivity index (χ3n) is 2.36. The summed E-state index contributed by atoms with van der Waals surface area (Å²) in [5, 5.41) is 2.87. The molecule has 0 radical (unpaired) electrons. The second kappa shape index (κ2) is 4.75. The molecule has 0 bridgehead atoms. The van der Waals surface area contributed by atoms with Crippen molar-refractivity contribution in [3.8, 4) is 0 Å². The third-order valence-corrected chi connectivity index (χ3v) is 2.36. The van der Waals surface area contributed by atoms with E-state index < -0.39 is 11.7 Å². The van der Waals surface area contributed by atoms with E-state index in [-0.39, 0.29) is 5.95 Å². The van der Waals surface area contributed by atoms with Gasteiger partial charge in [-0.05, 0) is 31.2 Å². The van der Waals surface area contributed by atoms with Gasteiger partial charge in [-0.15, -0.1) is 0 Å². The fourth-order valence-corrected chi connectivity index (χ4v) is 1.55. The minimum Gasteiger partial charge on any atom is -0.368 e. The predicted octanol–water partition coefficient (Wildman–Crippen LogP) is 3.13. The van der Waals surface area contributed by atoms with Crippen LogP contribution in [0.5, 0.6) is 0 Å². The second-order valence-corrected chi connectivity index (χ2v) is 3.95. The molecule has 1 heterocycles. The SMILES string of the molecule is Cc1cc(Nc2ccc(C(F)(F)F)cc2)nc(N)n1. The van der Waals surface area contributed by atoms with Crippen molar-refractivity contribution in [1.29, 1.82) is 0 Å². The lowest BCUT2D eigenvalue weighted by Gasteiger charge is -2.09. The van der Waals surface area contributed by atoms with E-state index in [0.717, 1.165) is 12.1 Å². The molecule has 0 fully saturated rings. The number of halogens is 3. The van der Waals surface area contributed by atoms with E-state index in [1.807, 2.05) is 0 Å². The molecule has 4 nitrogen and oxygen atoms in total. The first-order valence-corrected chi connectivity index (χ1v) is 5.40. The summed E-state index contributed by atoms with van der Waals surface area (Å²) in [6, 6.07) is 6.31. The molecule has 0 atom stereocenters. The standard InChI is InChI=1S/C12H11F3N4/c1-7-6-10(19-11(16)17-7)18-9-4-2-8(3-5-9)12(13,14)15/h2-6H,1H3,(H3,16,17,18,19). The van der Waals surface area contributed by atoms with Crippen LogP contribution in [0.25, 0.3) is 0 Å². The van der Waals surface area contributed by atoms with Crippen LogP contribution in [0.2, 0.25) is 0 Å². The maximum Gasteiger partial charge on any atom is 0.416 e. The first-order chi connectivity index (χ1) is 8.84. The average molecular weight is 268 g/mol. The van der Waals surface area contributed by atoms with Crippen LogP contribution >= 0.6 is 0 Å². The molecule has 1 aromatic carbocycles. The molecule has 7 heteroatoms. The second-order valence-electron chi connectivity index (χ2n) is 3.95. The number of benzene rings is 1. The number of nitrogens with two attached hydrogens (primary N) is 1. The van der Waals surface area contributed by atoms with Crippen LogP contribution in [0, 0.1) is 6.92 Å². The highest BCUT2D eigenvalue weighted by molar-refractivity contribution is 5.57. The molecule has 2 aromatic rings. The summed E-state index contributed by atoms with van der Waals surface area (Å²) in [6.45, 7) is 1.75. The van der Waals surface area contributed by atoms with E-state index >= 15 is 0 Å². The van der Waals surface area contributed by atoms with E-state index in [1.54, 1.807) is 13.0 Å². The fourth-order valence-electron chi connectivity index (χ4n) is 1.55. The first-order valence-electron chi connectivity index (χ1n) is 5.40. The van der Waals surface area contributed by atoms with Crippen molar-refractivity contribution in [2.24, 2.45) is 0 Å². The van der Waals surface area contributed by atoms with Gasteiger partial charge in [0.1, 0.15) is 5.82 Å². The molecule has 0 unspecified atom stereocenters. The van der Waals surface area contributed by atoms with E-state index in [0.29, 0.717) is 17.2 Å². The minimum atomic E-state index is -4.34. The van der Waals surface area contributed by atoms with Crippen molar-refractivity contribution >= 4 is 17.5 Å². The van der Waals surface area contributed by atoms with Crippen LogP contribution in [0.1, 0.15) is 11.3 Å².